The Hall–Kier alpha value is -1.89. The van der Waals surface area contributed by atoms with Gasteiger partial charge in [-0.15, -0.1) is 0 Å². The molecule has 1 fully saturated rings. The number of pyridine rings is 1. The third-order valence-electron chi connectivity index (χ3n) is 4.38. The van der Waals surface area contributed by atoms with Crippen LogP contribution in [-0.2, 0) is 0 Å². The summed E-state index contributed by atoms with van der Waals surface area (Å²) in [5.41, 5.74) is 3.02. The molecule has 2 atom stereocenters. The van der Waals surface area contributed by atoms with Gasteiger partial charge in [0.1, 0.15) is 0 Å². The van der Waals surface area contributed by atoms with E-state index in [4.69, 9.17) is 0 Å². The first-order chi connectivity index (χ1) is 8.43. The molecule has 1 aliphatic carbocycles. The molecule has 0 spiro atoms. The molecular weight excluding hydrogens is 206 g/mol. The predicted octanol–water partition coefficient (Wildman–Crippen LogP) is 3.32. The number of nitrogens with zero attached hydrogens (tertiary/aromatic N) is 1. The van der Waals surface area contributed by atoms with E-state index < -0.39 is 0 Å². The highest BCUT2D eigenvalue weighted by Crippen LogP contribution is 2.53. The number of aromatic nitrogens is 1. The van der Waals surface area contributed by atoms with E-state index in [0.29, 0.717) is 0 Å². The summed E-state index contributed by atoms with van der Waals surface area (Å²) in [5.74, 6) is 0.768. The molecule has 3 aromatic rings. The number of hydrogen-bond donors (Lipinski definition) is 0. The van der Waals surface area contributed by atoms with Gasteiger partial charge in [-0.1, -0.05) is 24.3 Å². The van der Waals surface area contributed by atoms with Gasteiger partial charge in [0.15, 0.2) is 12.2 Å². The minimum atomic E-state index is 0.721. The molecule has 1 saturated carbocycles. The summed E-state index contributed by atoms with van der Waals surface area (Å²) >= 11 is 0. The quantitative estimate of drug-likeness (QED) is 0.402. The fraction of sp³-hybridized carbons (Fsp3) is 0.188. The normalized spacial score (nSPS) is 24.2. The van der Waals surface area contributed by atoms with E-state index in [0.717, 1.165) is 12.0 Å². The lowest BCUT2D eigenvalue weighted by Crippen LogP contribution is -2.35. The van der Waals surface area contributed by atoms with Crippen LogP contribution in [0.5, 0.6) is 0 Å². The molecule has 1 heteroatoms. The zero-order valence-corrected chi connectivity index (χ0v) is 9.43. The van der Waals surface area contributed by atoms with Crippen LogP contribution in [-0.4, -0.2) is 0 Å². The number of fused-ring (bicyclic) bond motifs is 3. The number of benzene rings is 2. The Labute approximate surface area is 99.3 Å². The van der Waals surface area contributed by atoms with Crippen molar-refractivity contribution in [3.63, 3.8) is 0 Å². The maximum Gasteiger partial charge on any atom is 0.220 e. The number of rotatable bonds is 0. The maximum atomic E-state index is 2.50. The summed E-state index contributed by atoms with van der Waals surface area (Å²) in [5, 5.41) is 4.25. The van der Waals surface area contributed by atoms with Crippen LogP contribution in [0.1, 0.15) is 23.9 Å². The van der Waals surface area contributed by atoms with Crippen molar-refractivity contribution in [3.8, 4) is 0 Å². The standard InChI is InChI=1S/C16H12N/c1-3-10-6-7-11-4-2-8-17-14-9-13(14)12(5-1)15(10)16(11)17/h1-8,13-14H,9H2/q+1. The van der Waals surface area contributed by atoms with Crippen molar-refractivity contribution in [2.45, 2.75) is 18.4 Å². The van der Waals surface area contributed by atoms with Gasteiger partial charge in [-0.05, 0) is 23.1 Å². The Morgan fingerprint density at radius 1 is 0.941 bits per heavy atom. The lowest BCUT2D eigenvalue weighted by molar-refractivity contribution is -0.676. The second kappa shape index (κ2) is 2.51. The average molecular weight is 218 g/mol. The van der Waals surface area contributed by atoms with Crippen molar-refractivity contribution in [3.05, 3.63) is 54.2 Å². The van der Waals surface area contributed by atoms with E-state index in [1.165, 1.54) is 28.1 Å². The van der Waals surface area contributed by atoms with Gasteiger partial charge in [-0.25, -0.2) is 0 Å². The molecule has 0 amide bonds. The molecule has 0 saturated heterocycles. The summed E-state index contributed by atoms with van der Waals surface area (Å²) in [7, 11) is 0. The fourth-order valence-corrected chi connectivity index (χ4v) is 3.54. The van der Waals surface area contributed by atoms with E-state index in [2.05, 4.69) is 53.2 Å². The summed E-state index contributed by atoms with van der Waals surface area (Å²) in [6.45, 7) is 0. The van der Waals surface area contributed by atoms with E-state index in [1.807, 2.05) is 0 Å². The van der Waals surface area contributed by atoms with Crippen LogP contribution < -0.4 is 4.57 Å². The summed E-state index contributed by atoms with van der Waals surface area (Å²) in [6.07, 6.45) is 3.57. The molecule has 1 aromatic heterocycles. The van der Waals surface area contributed by atoms with Gasteiger partial charge < -0.3 is 0 Å². The molecule has 5 rings (SSSR count). The van der Waals surface area contributed by atoms with Gasteiger partial charge in [0.25, 0.3) is 0 Å². The second-order valence-corrected chi connectivity index (χ2v) is 5.27. The van der Waals surface area contributed by atoms with Gasteiger partial charge >= 0.3 is 0 Å². The van der Waals surface area contributed by atoms with E-state index in [9.17, 15) is 0 Å². The van der Waals surface area contributed by atoms with Gasteiger partial charge in [-0.3, -0.25) is 0 Å². The third kappa shape index (κ3) is 0.858. The first-order valence-electron chi connectivity index (χ1n) is 6.29. The summed E-state index contributed by atoms with van der Waals surface area (Å²) in [4.78, 5) is 0. The Kier molecular flexibility index (Phi) is 1.21. The average Bonchev–Trinajstić information content (AvgIpc) is 3.17. The van der Waals surface area contributed by atoms with Crippen molar-refractivity contribution in [1.82, 2.24) is 0 Å². The van der Waals surface area contributed by atoms with Crippen LogP contribution in [0.25, 0.3) is 21.7 Å². The predicted molar refractivity (Wildman–Crippen MR) is 68.0 cm³/mol. The van der Waals surface area contributed by atoms with Crippen molar-refractivity contribution in [2.24, 2.45) is 0 Å². The Morgan fingerprint density at radius 3 is 2.82 bits per heavy atom. The molecule has 1 aliphatic heterocycles. The van der Waals surface area contributed by atoms with E-state index >= 15 is 0 Å². The minimum Gasteiger partial charge on any atom is -0.194 e. The molecule has 0 radical (unpaired) electrons. The Balaban J connectivity index is 2.19. The highest BCUT2D eigenvalue weighted by Gasteiger charge is 2.51. The molecule has 17 heavy (non-hydrogen) atoms. The highest BCUT2D eigenvalue weighted by molar-refractivity contribution is 6.06. The SMILES string of the molecule is c1cc2c3c(c1)ccc1ccc[n+](c13)C1CC21. The lowest BCUT2D eigenvalue weighted by atomic mass is 9.96. The topological polar surface area (TPSA) is 3.88 Å². The summed E-state index contributed by atoms with van der Waals surface area (Å²) in [6, 6.07) is 16.4. The maximum absolute atomic E-state index is 2.50. The molecule has 1 nitrogen and oxygen atoms in total. The fourth-order valence-electron chi connectivity index (χ4n) is 3.54. The van der Waals surface area contributed by atoms with E-state index in [-0.39, 0.29) is 0 Å². The van der Waals surface area contributed by atoms with Gasteiger partial charge in [-0.2, -0.15) is 4.57 Å². The molecule has 2 aromatic carbocycles. The van der Waals surface area contributed by atoms with Crippen molar-refractivity contribution >= 4 is 21.7 Å². The van der Waals surface area contributed by atoms with Gasteiger partial charge in [0.05, 0.1) is 11.3 Å². The van der Waals surface area contributed by atoms with Crippen molar-refractivity contribution in [2.75, 3.05) is 0 Å². The van der Waals surface area contributed by atoms with E-state index in [1.54, 1.807) is 5.56 Å². The molecular formula is C16H12N+. The van der Waals surface area contributed by atoms with Gasteiger partial charge in [0, 0.05) is 17.9 Å². The summed E-state index contributed by atoms with van der Waals surface area (Å²) < 4.78 is 2.50. The zero-order valence-electron chi connectivity index (χ0n) is 9.43. The molecule has 2 heterocycles. The second-order valence-electron chi connectivity index (χ2n) is 5.27. The van der Waals surface area contributed by atoms with Crippen LogP contribution >= 0.6 is 0 Å². The van der Waals surface area contributed by atoms with Crippen molar-refractivity contribution in [1.29, 1.82) is 0 Å². The smallest absolute Gasteiger partial charge is 0.194 e. The number of hydrogen-bond acceptors (Lipinski definition) is 0. The molecule has 0 bridgehead atoms. The molecule has 2 unspecified atom stereocenters. The minimum absolute atomic E-state index is 0.721. The van der Waals surface area contributed by atoms with Crippen LogP contribution in [0.3, 0.4) is 0 Å². The zero-order chi connectivity index (χ0) is 11.0. The largest absolute Gasteiger partial charge is 0.220 e. The van der Waals surface area contributed by atoms with Crippen LogP contribution in [0.4, 0.5) is 0 Å². The molecule has 80 valence electrons. The monoisotopic (exact) mass is 218 g/mol. The van der Waals surface area contributed by atoms with Crippen LogP contribution in [0.15, 0.2) is 48.7 Å². The Morgan fingerprint density at radius 2 is 1.82 bits per heavy atom. The Bertz CT molecular complexity index is 721. The van der Waals surface area contributed by atoms with Gasteiger partial charge in [0.2, 0.25) is 5.52 Å². The van der Waals surface area contributed by atoms with Crippen LogP contribution in [0.2, 0.25) is 0 Å². The lowest BCUT2D eigenvalue weighted by Gasteiger charge is -2.12. The van der Waals surface area contributed by atoms with Crippen molar-refractivity contribution < 1.29 is 4.57 Å². The third-order valence-corrected chi connectivity index (χ3v) is 4.38. The van der Waals surface area contributed by atoms with Crippen LogP contribution in [0, 0.1) is 0 Å². The molecule has 0 N–H and O–H groups in total. The molecule has 2 aliphatic rings. The first-order valence-corrected chi connectivity index (χ1v) is 6.29. The highest BCUT2D eigenvalue weighted by atomic mass is 15.1. The first kappa shape index (κ1) is 8.24.